The van der Waals surface area contributed by atoms with Crippen LogP contribution in [0.4, 0.5) is 0 Å². The second-order valence-electron chi connectivity index (χ2n) is 4.56. The Balaban J connectivity index is 1.86. The first-order valence-electron chi connectivity index (χ1n) is 6.49. The fraction of sp³-hybridized carbons (Fsp3) is 0.188. The molecule has 0 bridgehead atoms. The van der Waals surface area contributed by atoms with Crippen LogP contribution in [0.15, 0.2) is 53.4 Å². The maximum atomic E-state index is 12.1. The molecular weight excluding hydrogens is 325 g/mol. The molecular formula is C16H15Cl2NOS. The summed E-state index contributed by atoms with van der Waals surface area (Å²) in [7, 11) is 0. The average Bonchev–Trinajstić information content (AvgIpc) is 2.47. The Hall–Kier alpha value is -1.16. The SMILES string of the molecule is CC(Sc1ccc(Cl)cc1)C(=O)NCc1cccc(Cl)c1. The van der Waals surface area contributed by atoms with Gasteiger partial charge in [0, 0.05) is 21.5 Å². The quantitative estimate of drug-likeness (QED) is 0.793. The molecule has 0 spiro atoms. The summed E-state index contributed by atoms with van der Waals surface area (Å²) in [6.45, 7) is 2.36. The van der Waals surface area contributed by atoms with E-state index in [9.17, 15) is 4.79 Å². The van der Waals surface area contributed by atoms with Crippen molar-refractivity contribution in [2.45, 2.75) is 23.6 Å². The van der Waals surface area contributed by atoms with E-state index < -0.39 is 0 Å². The van der Waals surface area contributed by atoms with Crippen LogP contribution in [-0.4, -0.2) is 11.2 Å². The van der Waals surface area contributed by atoms with Gasteiger partial charge in [-0.3, -0.25) is 4.79 Å². The number of carbonyl (C=O) groups excluding carboxylic acids is 1. The Morgan fingerprint density at radius 3 is 2.52 bits per heavy atom. The van der Waals surface area contributed by atoms with Crippen molar-refractivity contribution in [2.75, 3.05) is 0 Å². The molecule has 1 unspecified atom stereocenters. The van der Waals surface area contributed by atoms with Crippen molar-refractivity contribution < 1.29 is 4.79 Å². The van der Waals surface area contributed by atoms with Crippen LogP contribution < -0.4 is 5.32 Å². The normalized spacial score (nSPS) is 12.0. The first-order chi connectivity index (χ1) is 10.0. The molecule has 0 aromatic heterocycles. The van der Waals surface area contributed by atoms with Gasteiger partial charge in [0.05, 0.1) is 5.25 Å². The lowest BCUT2D eigenvalue weighted by Crippen LogP contribution is -2.30. The Morgan fingerprint density at radius 1 is 1.14 bits per heavy atom. The first kappa shape index (κ1) is 16.2. The monoisotopic (exact) mass is 339 g/mol. The van der Waals surface area contributed by atoms with Crippen LogP contribution in [0.5, 0.6) is 0 Å². The van der Waals surface area contributed by atoms with E-state index in [1.54, 1.807) is 0 Å². The van der Waals surface area contributed by atoms with Crippen molar-refractivity contribution in [3.8, 4) is 0 Å². The van der Waals surface area contributed by atoms with Gasteiger partial charge in [-0.25, -0.2) is 0 Å². The first-order valence-corrected chi connectivity index (χ1v) is 8.12. The Bertz CT molecular complexity index is 616. The molecule has 0 saturated heterocycles. The minimum atomic E-state index is -0.176. The summed E-state index contributed by atoms with van der Waals surface area (Å²) >= 11 is 13.3. The Labute approximate surface area is 138 Å². The third-order valence-corrected chi connectivity index (χ3v) is 4.45. The fourth-order valence-electron chi connectivity index (χ4n) is 1.75. The molecule has 2 rings (SSSR count). The molecule has 0 aliphatic carbocycles. The number of hydrogen-bond acceptors (Lipinski definition) is 2. The van der Waals surface area contributed by atoms with E-state index >= 15 is 0 Å². The molecule has 21 heavy (non-hydrogen) atoms. The van der Waals surface area contributed by atoms with E-state index in [0.717, 1.165) is 10.5 Å². The molecule has 5 heteroatoms. The number of rotatable bonds is 5. The lowest BCUT2D eigenvalue weighted by Gasteiger charge is -2.12. The number of nitrogens with one attached hydrogen (secondary N) is 1. The molecule has 2 nitrogen and oxygen atoms in total. The van der Waals surface area contributed by atoms with Crippen molar-refractivity contribution in [1.82, 2.24) is 5.32 Å². The topological polar surface area (TPSA) is 29.1 Å². The summed E-state index contributed by atoms with van der Waals surface area (Å²) in [5, 5.41) is 4.10. The number of amides is 1. The fourth-order valence-corrected chi connectivity index (χ4v) is 2.98. The number of carbonyl (C=O) groups is 1. The highest BCUT2D eigenvalue weighted by atomic mass is 35.5. The van der Waals surface area contributed by atoms with Crippen molar-refractivity contribution in [3.63, 3.8) is 0 Å². The maximum Gasteiger partial charge on any atom is 0.233 e. The summed E-state index contributed by atoms with van der Waals surface area (Å²) in [6.07, 6.45) is 0. The largest absolute Gasteiger partial charge is 0.351 e. The van der Waals surface area contributed by atoms with Crippen molar-refractivity contribution >= 4 is 40.9 Å². The lowest BCUT2D eigenvalue weighted by atomic mass is 10.2. The van der Waals surface area contributed by atoms with Crippen LogP contribution in [0.3, 0.4) is 0 Å². The Morgan fingerprint density at radius 2 is 1.86 bits per heavy atom. The highest BCUT2D eigenvalue weighted by Crippen LogP contribution is 2.24. The van der Waals surface area contributed by atoms with Crippen LogP contribution in [0.2, 0.25) is 10.0 Å². The van der Waals surface area contributed by atoms with Crippen molar-refractivity contribution in [1.29, 1.82) is 0 Å². The molecule has 2 aromatic carbocycles. The second kappa shape index (κ2) is 7.74. The molecule has 0 fully saturated rings. The molecule has 2 aromatic rings. The molecule has 110 valence electrons. The zero-order valence-electron chi connectivity index (χ0n) is 11.5. The molecule has 0 aliphatic heterocycles. The van der Waals surface area contributed by atoms with Crippen LogP contribution in [-0.2, 0) is 11.3 Å². The van der Waals surface area contributed by atoms with Gasteiger partial charge in [-0.15, -0.1) is 11.8 Å². The summed E-state index contributed by atoms with van der Waals surface area (Å²) in [4.78, 5) is 13.1. The van der Waals surface area contributed by atoms with Gasteiger partial charge >= 0.3 is 0 Å². The standard InChI is InChI=1S/C16H15Cl2NOS/c1-11(21-15-7-5-13(17)6-8-15)16(20)19-10-12-3-2-4-14(18)9-12/h2-9,11H,10H2,1H3,(H,19,20). The zero-order valence-corrected chi connectivity index (χ0v) is 13.8. The van der Waals surface area contributed by atoms with E-state index in [-0.39, 0.29) is 11.2 Å². The van der Waals surface area contributed by atoms with Crippen LogP contribution in [0.25, 0.3) is 0 Å². The van der Waals surface area contributed by atoms with E-state index in [1.165, 1.54) is 11.8 Å². The molecule has 1 N–H and O–H groups in total. The number of thioether (sulfide) groups is 1. The summed E-state index contributed by atoms with van der Waals surface area (Å²) in [6, 6.07) is 14.9. The van der Waals surface area contributed by atoms with E-state index in [1.807, 2.05) is 55.5 Å². The third kappa shape index (κ3) is 5.27. The minimum Gasteiger partial charge on any atom is -0.351 e. The number of hydrogen-bond donors (Lipinski definition) is 1. The Kier molecular flexibility index (Phi) is 5.97. The predicted octanol–water partition coefficient (Wildman–Crippen LogP) is 4.79. The zero-order chi connectivity index (χ0) is 15.2. The summed E-state index contributed by atoms with van der Waals surface area (Å²) in [5.41, 5.74) is 0.986. The van der Waals surface area contributed by atoms with Gasteiger partial charge in [0.1, 0.15) is 0 Å². The van der Waals surface area contributed by atoms with Gasteiger partial charge in [0.2, 0.25) is 5.91 Å². The molecule has 0 heterocycles. The van der Waals surface area contributed by atoms with Gasteiger partial charge in [-0.05, 0) is 48.9 Å². The average molecular weight is 340 g/mol. The van der Waals surface area contributed by atoms with Gasteiger partial charge in [0.15, 0.2) is 0 Å². The van der Waals surface area contributed by atoms with Gasteiger partial charge < -0.3 is 5.32 Å². The third-order valence-electron chi connectivity index (χ3n) is 2.85. The summed E-state index contributed by atoms with van der Waals surface area (Å²) < 4.78 is 0. The van der Waals surface area contributed by atoms with Gasteiger partial charge in [0.25, 0.3) is 0 Å². The predicted molar refractivity (Wildman–Crippen MR) is 90.1 cm³/mol. The van der Waals surface area contributed by atoms with E-state index in [2.05, 4.69) is 5.32 Å². The van der Waals surface area contributed by atoms with E-state index in [4.69, 9.17) is 23.2 Å². The minimum absolute atomic E-state index is 0.00470. The number of benzene rings is 2. The molecule has 0 saturated carbocycles. The smallest absolute Gasteiger partial charge is 0.233 e. The van der Waals surface area contributed by atoms with Gasteiger partial charge in [-0.2, -0.15) is 0 Å². The second-order valence-corrected chi connectivity index (χ2v) is 6.85. The molecule has 1 atom stereocenters. The van der Waals surface area contributed by atoms with Crippen molar-refractivity contribution in [2.24, 2.45) is 0 Å². The lowest BCUT2D eigenvalue weighted by molar-refractivity contribution is -0.120. The summed E-state index contributed by atoms with van der Waals surface area (Å²) in [5.74, 6) is -0.00470. The van der Waals surface area contributed by atoms with Crippen LogP contribution in [0, 0.1) is 0 Å². The molecule has 1 amide bonds. The number of halogens is 2. The highest BCUT2D eigenvalue weighted by molar-refractivity contribution is 8.00. The van der Waals surface area contributed by atoms with Crippen LogP contribution >= 0.6 is 35.0 Å². The molecule has 0 radical (unpaired) electrons. The molecule has 0 aliphatic rings. The maximum absolute atomic E-state index is 12.1. The van der Waals surface area contributed by atoms with Gasteiger partial charge in [-0.1, -0.05) is 35.3 Å². The van der Waals surface area contributed by atoms with Crippen LogP contribution in [0.1, 0.15) is 12.5 Å². The van der Waals surface area contributed by atoms with E-state index in [0.29, 0.717) is 16.6 Å². The van der Waals surface area contributed by atoms with Crippen molar-refractivity contribution in [3.05, 3.63) is 64.1 Å². The highest BCUT2D eigenvalue weighted by Gasteiger charge is 2.13.